The third kappa shape index (κ3) is 5.15. The number of nitrogens with one attached hydrogen (secondary N) is 1. The number of halogens is 1. The quantitative estimate of drug-likeness (QED) is 0.375. The lowest BCUT2D eigenvalue weighted by atomic mass is 10.2. The molecule has 6 nitrogen and oxygen atoms in total. The fourth-order valence-electron chi connectivity index (χ4n) is 3.12. The van der Waals surface area contributed by atoms with Gasteiger partial charge in [0.25, 0.3) is 0 Å². The molecule has 0 aliphatic carbocycles. The molecule has 1 N–H and O–H groups in total. The third-order valence-electron chi connectivity index (χ3n) is 4.51. The van der Waals surface area contributed by atoms with E-state index >= 15 is 0 Å². The van der Waals surface area contributed by atoms with Crippen LogP contribution in [0.25, 0.3) is 17.1 Å². The molecular formula is C24H21FN4O2S. The van der Waals surface area contributed by atoms with E-state index in [0.29, 0.717) is 28.8 Å². The van der Waals surface area contributed by atoms with Crippen LogP contribution in [-0.4, -0.2) is 33.0 Å². The largest absolute Gasteiger partial charge is 0.494 e. The van der Waals surface area contributed by atoms with Crippen molar-refractivity contribution in [2.45, 2.75) is 12.1 Å². The van der Waals surface area contributed by atoms with Crippen LogP contribution >= 0.6 is 11.8 Å². The van der Waals surface area contributed by atoms with E-state index in [1.165, 1.54) is 23.9 Å². The number of hydrogen-bond donors (Lipinski definition) is 1. The van der Waals surface area contributed by atoms with Crippen LogP contribution in [-0.2, 0) is 4.79 Å². The average Bonchev–Trinajstić information content (AvgIpc) is 3.24. The normalized spacial score (nSPS) is 10.7. The standard InChI is InChI=1S/C24H21FN4O2S/c1-2-31-21-13-11-19(12-14-21)26-22(30)16-32-24-28-27-23(17-7-6-8-18(25)15-17)29(24)20-9-4-3-5-10-20/h3-15H,2,16H2,1H3,(H,26,30). The van der Waals surface area contributed by atoms with E-state index in [4.69, 9.17) is 4.74 Å². The van der Waals surface area contributed by atoms with Crippen LogP contribution in [0.2, 0.25) is 0 Å². The topological polar surface area (TPSA) is 69.0 Å². The maximum Gasteiger partial charge on any atom is 0.234 e. The molecule has 0 bridgehead atoms. The molecule has 4 aromatic rings. The lowest BCUT2D eigenvalue weighted by Gasteiger charge is -2.11. The number of para-hydroxylation sites is 1. The van der Waals surface area contributed by atoms with Gasteiger partial charge in [-0.2, -0.15) is 0 Å². The van der Waals surface area contributed by atoms with E-state index in [1.54, 1.807) is 24.3 Å². The lowest BCUT2D eigenvalue weighted by Crippen LogP contribution is -2.14. The summed E-state index contributed by atoms with van der Waals surface area (Å²) in [7, 11) is 0. The van der Waals surface area contributed by atoms with Gasteiger partial charge in [-0.1, -0.05) is 42.1 Å². The van der Waals surface area contributed by atoms with Crippen molar-refractivity contribution in [3.05, 3.63) is 84.7 Å². The Morgan fingerprint density at radius 1 is 1.03 bits per heavy atom. The Bertz CT molecular complexity index is 1200. The summed E-state index contributed by atoms with van der Waals surface area (Å²) in [4.78, 5) is 12.5. The number of carbonyl (C=O) groups excluding carboxylic acids is 1. The number of benzene rings is 3. The predicted molar refractivity (Wildman–Crippen MR) is 124 cm³/mol. The van der Waals surface area contributed by atoms with Gasteiger partial charge in [-0.25, -0.2) is 4.39 Å². The lowest BCUT2D eigenvalue weighted by molar-refractivity contribution is -0.113. The summed E-state index contributed by atoms with van der Waals surface area (Å²) in [5.41, 5.74) is 2.11. The van der Waals surface area contributed by atoms with Crippen LogP contribution in [0.5, 0.6) is 5.75 Å². The number of rotatable bonds is 8. The monoisotopic (exact) mass is 448 g/mol. The summed E-state index contributed by atoms with van der Waals surface area (Å²) in [5, 5.41) is 11.9. The number of amides is 1. The predicted octanol–water partition coefficient (Wildman–Crippen LogP) is 5.20. The number of hydrogen-bond acceptors (Lipinski definition) is 5. The van der Waals surface area contributed by atoms with Crippen LogP contribution in [0.4, 0.5) is 10.1 Å². The van der Waals surface area contributed by atoms with E-state index in [-0.39, 0.29) is 17.5 Å². The Labute approximate surface area is 189 Å². The first-order chi connectivity index (χ1) is 15.6. The van der Waals surface area contributed by atoms with Crippen LogP contribution in [0.15, 0.2) is 84.0 Å². The Balaban J connectivity index is 1.52. The highest BCUT2D eigenvalue weighted by Gasteiger charge is 2.17. The van der Waals surface area contributed by atoms with Crippen LogP contribution in [0.3, 0.4) is 0 Å². The maximum absolute atomic E-state index is 13.8. The first-order valence-electron chi connectivity index (χ1n) is 10.1. The molecule has 0 atom stereocenters. The number of anilines is 1. The van der Waals surface area contributed by atoms with Gasteiger partial charge in [0.05, 0.1) is 12.4 Å². The molecule has 4 rings (SSSR count). The number of ether oxygens (including phenoxy) is 1. The molecule has 32 heavy (non-hydrogen) atoms. The fraction of sp³-hybridized carbons (Fsp3) is 0.125. The molecule has 1 heterocycles. The SMILES string of the molecule is CCOc1ccc(NC(=O)CSc2nnc(-c3cccc(F)c3)n2-c2ccccc2)cc1. The van der Waals surface area contributed by atoms with Crippen LogP contribution in [0, 0.1) is 5.82 Å². The molecule has 0 spiro atoms. The molecule has 0 unspecified atom stereocenters. The smallest absolute Gasteiger partial charge is 0.234 e. The third-order valence-corrected chi connectivity index (χ3v) is 5.44. The minimum absolute atomic E-state index is 0.140. The number of carbonyl (C=O) groups is 1. The molecular weight excluding hydrogens is 427 g/mol. The minimum atomic E-state index is -0.353. The summed E-state index contributed by atoms with van der Waals surface area (Å²) in [6, 6.07) is 22.9. The molecule has 162 valence electrons. The second-order valence-corrected chi connectivity index (χ2v) is 7.72. The maximum atomic E-state index is 13.8. The van der Waals surface area contributed by atoms with Crippen molar-refractivity contribution in [1.82, 2.24) is 14.8 Å². The van der Waals surface area contributed by atoms with Gasteiger partial charge in [0, 0.05) is 16.9 Å². The van der Waals surface area contributed by atoms with Crippen molar-refractivity contribution in [2.75, 3.05) is 17.7 Å². The Hall–Kier alpha value is -3.65. The van der Waals surface area contributed by atoms with Crippen molar-refractivity contribution < 1.29 is 13.9 Å². The molecule has 0 aliphatic heterocycles. The van der Waals surface area contributed by atoms with E-state index in [1.807, 2.05) is 54.0 Å². The Kier molecular flexibility index (Phi) is 6.81. The zero-order chi connectivity index (χ0) is 22.3. The summed E-state index contributed by atoms with van der Waals surface area (Å²) in [6.07, 6.45) is 0. The molecule has 0 radical (unpaired) electrons. The summed E-state index contributed by atoms with van der Waals surface area (Å²) in [6.45, 7) is 2.50. The average molecular weight is 449 g/mol. The number of nitrogens with zero attached hydrogens (tertiary/aromatic N) is 3. The molecule has 1 amide bonds. The van der Waals surface area contributed by atoms with Gasteiger partial charge in [-0.3, -0.25) is 9.36 Å². The molecule has 3 aromatic carbocycles. The Morgan fingerprint density at radius 2 is 1.81 bits per heavy atom. The second kappa shape index (κ2) is 10.1. The molecule has 1 aromatic heterocycles. The van der Waals surface area contributed by atoms with Crippen molar-refractivity contribution in [1.29, 1.82) is 0 Å². The number of aromatic nitrogens is 3. The van der Waals surface area contributed by atoms with E-state index < -0.39 is 0 Å². The molecule has 0 fully saturated rings. The zero-order valence-corrected chi connectivity index (χ0v) is 18.2. The fourth-order valence-corrected chi connectivity index (χ4v) is 3.87. The van der Waals surface area contributed by atoms with Gasteiger partial charge >= 0.3 is 0 Å². The van der Waals surface area contributed by atoms with Gasteiger partial charge in [0.2, 0.25) is 5.91 Å². The summed E-state index contributed by atoms with van der Waals surface area (Å²) in [5.74, 6) is 0.871. The molecule has 8 heteroatoms. The van der Waals surface area contributed by atoms with Crippen molar-refractivity contribution in [3.8, 4) is 22.8 Å². The van der Waals surface area contributed by atoms with Crippen LogP contribution < -0.4 is 10.1 Å². The second-order valence-electron chi connectivity index (χ2n) is 6.78. The molecule has 0 saturated carbocycles. The first kappa shape index (κ1) is 21.6. The van der Waals surface area contributed by atoms with E-state index in [0.717, 1.165) is 11.4 Å². The van der Waals surface area contributed by atoms with Gasteiger partial charge in [0.15, 0.2) is 11.0 Å². The summed E-state index contributed by atoms with van der Waals surface area (Å²) >= 11 is 1.26. The molecule has 0 aliphatic rings. The van der Waals surface area contributed by atoms with Gasteiger partial charge in [-0.05, 0) is 55.5 Å². The highest BCUT2D eigenvalue weighted by molar-refractivity contribution is 7.99. The van der Waals surface area contributed by atoms with Gasteiger partial charge < -0.3 is 10.1 Å². The minimum Gasteiger partial charge on any atom is -0.494 e. The highest BCUT2D eigenvalue weighted by Crippen LogP contribution is 2.28. The van der Waals surface area contributed by atoms with Crippen molar-refractivity contribution in [3.63, 3.8) is 0 Å². The Morgan fingerprint density at radius 3 is 2.53 bits per heavy atom. The van der Waals surface area contributed by atoms with E-state index in [2.05, 4.69) is 15.5 Å². The van der Waals surface area contributed by atoms with Crippen LogP contribution in [0.1, 0.15) is 6.92 Å². The number of thioether (sulfide) groups is 1. The van der Waals surface area contributed by atoms with Crippen molar-refractivity contribution >= 4 is 23.4 Å². The first-order valence-corrected chi connectivity index (χ1v) is 11.0. The zero-order valence-electron chi connectivity index (χ0n) is 17.4. The summed E-state index contributed by atoms with van der Waals surface area (Å²) < 4.78 is 21.0. The molecule has 0 saturated heterocycles. The van der Waals surface area contributed by atoms with Gasteiger partial charge in [0.1, 0.15) is 11.6 Å². The van der Waals surface area contributed by atoms with Gasteiger partial charge in [-0.15, -0.1) is 10.2 Å². The van der Waals surface area contributed by atoms with Crippen molar-refractivity contribution in [2.24, 2.45) is 0 Å². The van der Waals surface area contributed by atoms with E-state index in [9.17, 15) is 9.18 Å². The highest BCUT2D eigenvalue weighted by atomic mass is 32.2.